The summed E-state index contributed by atoms with van der Waals surface area (Å²) in [5, 5.41) is 2.84. The molecule has 1 aliphatic heterocycles. The highest BCUT2D eigenvalue weighted by atomic mass is 32.2. The maximum atomic E-state index is 13.0. The third-order valence-electron chi connectivity index (χ3n) is 4.64. The summed E-state index contributed by atoms with van der Waals surface area (Å²) in [6.07, 6.45) is 0.597. The lowest BCUT2D eigenvalue weighted by atomic mass is 10.2. The maximum absolute atomic E-state index is 13.0. The normalized spacial score (nSPS) is 16.8. The van der Waals surface area contributed by atoms with Crippen LogP contribution >= 0.6 is 0 Å². The van der Waals surface area contributed by atoms with Crippen LogP contribution in [0.3, 0.4) is 0 Å². The highest BCUT2D eigenvalue weighted by Crippen LogP contribution is 2.20. The Labute approximate surface area is 161 Å². The molecule has 28 heavy (non-hydrogen) atoms. The van der Waals surface area contributed by atoms with Crippen LogP contribution in [0.2, 0.25) is 0 Å². The van der Waals surface area contributed by atoms with E-state index in [1.54, 1.807) is 0 Å². The van der Waals surface area contributed by atoms with Gasteiger partial charge in [-0.2, -0.15) is 4.31 Å². The summed E-state index contributed by atoms with van der Waals surface area (Å²) in [6.45, 7) is 4.29. The van der Waals surface area contributed by atoms with Gasteiger partial charge in [0.1, 0.15) is 0 Å². The number of nitrogens with zero attached hydrogens (tertiary/aromatic N) is 2. The molecule has 2 heterocycles. The van der Waals surface area contributed by atoms with E-state index in [1.807, 2.05) is 11.8 Å². The van der Waals surface area contributed by atoms with Crippen LogP contribution in [0.5, 0.6) is 0 Å². The van der Waals surface area contributed by atoms with Gasteiger partial charge in [0.25, 0.3) is 5.56 Å². The van der Waals surface area contributed by atoms with Crippen LogP contribution in [0.25, 0.3) is 10.9 Å². The second kappa shape index (κ2) is 8.25. The minimum absolute atomic E-state index is 0.00488. The van der Waals surface area contributed by atoms with E-state index in [0.717, 1.165) is 0 Å². The van der Waals surface area contributed by atoms with Crippen molar-refractivity contribution in [1.82, 2.24) is 24.5 Å². The molecule has 10 nitrogen and oxygen atoms in total. The number of hydrogen-bond donors (Lipinski definition) is 3. The molecular weight excluding hydrogens is 386 g/mol. The molecule has 1 fully saturated rings. The first-order valence-electron chi connectivity index (χ1n) is 9.07. The zero-order valence-electron chi connectivity index (χ0n) is 15.5. The van der Waals surface area contributed by atoms with Crippen LogP contribution in [-0.2, 0) is 14.8 Å². The number of fused-ring (bicyclic) bond motifs is 1. The number of aromatic nitrogens is 2. The van der Waals surface area contributed by atoms with Crippen molar-refractivity contribution in [2.45, 2.75) is 18.2 Å². The first-order chi connectivity index (χ1) is 13.3. The average molecular weight is 409 g/mol. The number of aromatic amines is 2. The van der Waals surface area contributed by atoms with Crippen molar-refractivity contribution in [3.63, 3.8) is 0 Å². The molecule has 0 unspecified atom stereocenters. The van der Waals surface area contributed by atoms with E-state index in [4.69, 9.17) is 0 Å². The van der Waals surface area contributed by atoms with Gasteiger partial charge in [0, 0.05) is 26.2 Å². The summed E-state index contributed by atoms with van der Waals surface area (Å²) in [7, 11) is -3.80. The van der Waals surface area contributed by atoms with Gasteiger partial charge in [0.2, 0.25) is 15.9 Å². The molecule has 1 aromatic heterocycles. The first-order valence-corrected chi connectivity index (χ1v) is 10.5. The second-order valence-electron chi connectivity index (χ2n) is 6.60. The Balaban J connectivity index is 1.81. The standard InChI is InChI=1S/C17H23N5O5S/c1-2-18-15(23)11-21-6-3-7-22(9-8-21)28(26,27)12-4-5-14-13(10-12)16(24)20-17(25)19-14/h4-5,10H,2-3,6-9,11H2,1H3,(H,18,23)(H2,19,20,24,25). The van der Waals surface area contributed by atoms with Crippen molar-refractivity contribution >= 4 is 26.8 Å². The Kier molecular flexibility index (Phi) is 5.96. The minimum atomic E-state index is -3.80. The zero-order valence-corrected chi connectivity index (χ0v) is 16.3. The molecule has 11 heteroatoms. The van der Waals surface area contributed by atoms with Gasteiger partial charge in [-0.05, 0) is 38.1 Å². The van der Waals surface area contributed by atoms with Crippen LogP contribution in [0, 0.1) is 0 Å². The quantitative estimate of drug-likeness (QED) is 0.583. The molecular formula is C17H23N5O5S. The van der Waals surface area contributed by atoms with Gasteiger partial charge >= 0.3 is 5.69 Å². The summed E-state index contributed by atoms with van der Waals surface area (Å²) in [6, 6.07) is 4.07. The van der Waals surface area contributed by atoms with Crippen molar-refractivity contribution in [2.24, 2.45) is 0 Å². The molecule has 0 atom stereocenters. The molecule has 1 amide bonds. The largest absolute Gasteiger partial charge is 0.355 e. The molecule has 0 aliphatic carbocycles. The number of benzene rings is 1. The number of H-pyrrole nitrogens is 2. The van der Waals surface area contributed by atoms with E-state index < -0.39 is 21.3 Å². The lowest BCUT2D eigenvalue weighted by Gasteiger charge is -2.21. The van der Waals surface area contributed by atoms with Crippen LogP contribution in [0.15, 0.2) is 32.7 Å². The second-order valence-corrected chi connectivity index (χ2v) is 8.54. The van der Waals surface area contributed by atoms with Gasteiger partial charge in [-0.1, -0.05) is 0 Å². The van der Waals surface area contributed by atoms with Crippen molar-refractivity contribution in [2.75, 3.05) is 39.3 Å². The van der Waals surface area contributed by atoms with Gasteiger partial charge in [0.05, 0.1) is 22.3 Å². The molecule has 0 saturated carbocycles. The summed E-state index contributed by atoms with van der Waals surface area (Å²) >= 11 is 0. The van der Waals surface area contributed by atoms with Crippen LogP contribution in [-0.4, -0.2) is 72.8 Å². The van der Waals surface area contributed by atoms with Gasteiger partial charge < -0.3 is 10.3 Å². The van der Waals surface area contributed by atoms with Gasteiger partial charge in [-0.3, -0.25) is 19.5 Å². The number of carbonyl (C=O) groups excluding carboxylic acids is 1. The Morgan fingerprint density at radius 2 is 1.93 bits per heavy atom. The minimum Gasteiger partial charge on any atom is -0.355 e. The summed E-state index contributed by atoms with van der Waals surface area (Å²) < 4.78 is 27.4. The molecule has 1 aromatic carbocycles. The van der Waals surface area contributed by atoms with E-state index in [1.165, 1.54) is 22.5 Å². The third-order valence-corrected chi connectivity index (χ3v) is 6.53. The SMILES string of the molecule is CCNC(=O)CN1CCCN(S(=O)(=O)c2ccc3[nH]c(=O)[nH]c(=O)c3c2)CC1. The number of likely N-dealkylation sites (N-methyl/N-ethyl adjacent to an activating group) is 1. The van der Waals surface area contributed by atoms with Gasteiger partial charge in [-0.15, -0.1) is 0 Å². The van der Waals surface area contributed by atoms with E-state index in [-0.39, 0.29) is 34.8 Å². The number of hydrogen-bond acceptors (Lipinski definition) is 6. The van der Waals surface area contributed by atoms with Gasteiger partial charge in [-0.25, -0.2) is 13.2 Å². The molecule has 3 N–H and O–H groups in total. The monoisotopic (exact) mass is 409 g/mol. The fourth-order valence-corrected chi connectivity index (χ4v) is 4.75. The average Bonchev–Trinajstić information content (AvgIpc) is 2.87. The van der Waals surface area contributed by atoms with E-state index in [2.05, 4.69) is 15.3 Å². The maximum Gasteiger partial charge on any atom is 0.326 e. The predicted octanol–water partition coefficient (Wildman–Crippen LogP) is -0.951. The Morgan fingerprint density at radius 1 is 1.14 bits per heavy atom. The molecule has 1 aliphatic rings. The van der Waals surface area contributed by atoms with Crippen LogP contribution < -0.4 is 16.6 Å². The lowest BCUT2D eigenvalue weighted by molar-refractivity contribution is -0.122. The summed E-state index contributed by atoms with van der Waals surface area (Å²) in [5.41, 5.74) is -1.01. The summed E-state index contributed by atoms with van der Waals surface area (Å²) in [5.74, 6) is -0.0819. The number of sulfonamides is 1. The Bertz CT molecular complexity index is 1090. The summed E-state index contributed by atoms with van der Waals surface area (Å²) in [4.78, 5) is 41.6. The lowest BCUT2D eigenvalue weighted by Crippen LogP contribution is -2.40. The highest BCUT2D eigenvalue weighted by molar-refractivity contribution is 7.89. The number of carbonyl (C=O) groups is 1. The van der Waals surface area contributed by atoms with E-state index in [0.29, 0.717) is 32.6 Å². The van der Waals surface area contributed by atoms with Crippen molar-refractivity contribution in [1.29, 1.82) is 0 Å². The molecule has 0 bridgehead atoms. The Hall–Kier alpha value is -2.50. The molecule has 1 saturated heterocycles. The molecule has 0 radical (unpaired) electrons. The number of nitrogens with one attached hydrogen (secondary N) is 3. The fourth-order valence-electron chi connectivity index (χ4n) is 3.26. The van der Waals surface area contributed by atoms with Gasteiger partial charge in [0.15, 0.2) is 0 Å². The topological polar surface area (TPSA) is 135 Å². The number of rotatable bonds is 5. The molecule has 152 valence electrons. The smallest absolute Gasteiger partial charge is 0.326 e. The third kappa shape index (κ3) is 4.32. The zero-order chi connectivity index (χ0) is 20.3. The predicted molar refractivity (Wildman–Crippen MR) is 104 cm³/mol. The first kappa shape index (κ1) is 20.2. The van der Waals surface area contributed by atoms with E-state index in [9.17, 15) is 22.8 Å². The van der Waals surface area contributed by atoms with Crippen molar-refractivity contribution in [3.05, 3.63) is 39.0 Å². The highest BCUT2D eigenvalue weighted by Gasteiger charge is 2.27. The molecule has 0 spiro atoms. The number of amides is 1. The fraction of sp³-hybridized carbons (Fsp3) is 0.471. The van der Waals surface area contributed by atoms with Crippen molar-refractivity contribution < 1.29 is 13.2 Å². The van der Waals surface area contributed by atoms with E-state index >= 15 is 0 Å². The molecule has 2 aromatic rings. The molecule has 3 rings (SSSR count). The van der Waals surface area contributed by atoms with Crippen LogP contribution in [0.4, 0.5) is 0 Å². The van der Waals surface area contributed by atoms with Crippen molar-refractivity contribution in [3.8, 4) is 0 Å². The van der Waals surface area contributed by atoms with Crippen LogP contribution in [0.1, 0.15) is 13.3 Å². The Morgan fingerprint density at radius 3 is 2.68 bits per heavy atom.